The van der Waals surface area contributed by atoms with Gasteiger partial charge in [-0.05, 0) is 46.7 Å². The van der Waals surface area contributed by atoms with Gasteiger partial charge in [-0.25, -0.2) is 4.98 Å². The minimum atomic E-state index is 0.712. The van der Waals surface area contributed by atoms with Gasteiger partial charge < -0.3 is 0 Å². The fourth-order valence-corrected chi connectivity index (χ4v) is 4.06. The number of fused-ring (bicyclic) bond motifs is 3. The zero-order valence-corrected chi connectivity index (χ0v) is 14.6. The molecule has 3 aromatic heterocycles. The van der Waals surface area contributed by atoms with Gasteiger partial charge in [-0.1, -0.05) is 29.8 Å². The van der Waals surface area contributed by atoms with E-state index in [1.54, 1.807) is 17.5 Å². The van der Waals surface area contributed by atoms with Crippen molar-refractivity contribution in [1.29, 1.82) is 0 Å². The minimum Gasteiger partial charge on any atom is -0.298 e. The topological polar surface area (TPSA) is 30.7 Å². The number of rotatable bonds is 2. The van der Waals surface area contributed by atoms with E-state index in [-0.39, 0.29) is 0 Å². The second-order valence-electron chi connectivity index (χ2n) is 5.80. The Kier molecular flexibility index (Phi) is 3.33. The summed E-state index contributed by atoms with van der Waals surface area (Å²) in [5.41, 5.74) is 6.00. The monoisotopic (exact) mass is 361 g/mol. The number of thiophene rings is 1. The van der Waals surface area contributed by atoms with E-state index in [4.69, 9.17) is 11.6 Å². The summed E-state index contributed by atoms with van der Waals surface area (Å²) in [6, 6.07) is 16.3. The third-order valence-electron chi connectivity index (χ3n) is 4.33. The Hall–Kier alpha value is -2.69. The normalized spacial score (nSPS) is 11.4. The number of aromatic nitrogens is 3. The molecule has 25 heavy (non-hydrogen) atoms. The van der Waals surface area contributed by atoms with Gasteiger partial charge in [0.05, 0.1) is 22.3 Å². The lowest BCUT2D eigenvalue weighted by molar-refractivity contribution is 1.10. The number of pyridine rings is 1. The maximum absolute atomic E-state index is 6.52. The Morgan fingerprint density at radius 3 is 2.64 bits per heavy atom. The van der Waals surface area contributed by atoms with E-state index in [0.29, 0.717) is 5.02 Å². The van der Waals surface area contributed by atoms with Crippen molar-refractivity contribution < 1.29 is 0 Å². The van der Waals surface area contributed by atoms with Crippen LogP contribution in [0.3, 0.4) is 0 Å². The van der Waals surface area contributed by atoms with Crippen molar-refractivity contribution in [3.05, 3.63) is 76.8 Å². The van der Waals surface area contributed by atoms with Crippen molar-refractivity contribution in [3.8, 4) is 16.8 Å². The highest BCUT2D eigenvalue weighted by atomic mass is 35.5. The van der Waals surface area contributed by atoms with Crippen molar-refractivity contribution in [2.24, 2.45) is 0 Å². The molecule has 120 valence electrons. The number of para-hydroxylation sites is 1. The van der Waals surface area contributed by atoms with Gasteiger partial charge in [0.2, 0.25) is 0 Å². The summed E-state index contributed by atoms with van der Waals surface area (Å²) >= 11 is 8.18. The van der Waals surface area contributed by atoms with E-state index in [1.165, 1.54) is 0 Å². The summed E-state index contributed by atoms with van der Waals surface area (Å²) in [5, 5.41) is 5.92. The molecule has 0 bridgehead atoms. The molecule has 0 saturated carbocycles. The molecular weight excluding hydrogens is 350 g/mol. The fraction of sp³-hybridized carbons (Fsp3) is 0. The molecule has 0 aliphatic heterocycles. The van der Waals surface area contributed by atoms with Gasteiger partial charge in [0.25, 0.3) is 0 Å². The third kappa shape index (κ3) is 2.34. The van der Waals surface area contributed by atoms with E-state index >= 15 is 0 Å². The van der Waals surface area contributed by atoms with Gasteiger partial charge in [0.15, 0.2) is 0 Å². The molecule has 2 aromatic carbocycles. The SMILES string of the molecule is Clc1cc2ncc3ncn(-c4ccccc4)c3c2cc1-c1ccsc1. The largest absolute Gasteiger partial charge is 0.298 e. The summed E-state index contributed by atoms with van der Waals surface area (Å²) in [5.74, 6) is 0. The van der Waals surface area contributed by atoms with Crippen molar-refractivity contribution in [2.75, 3.05) is 0 Å². The lowest BCUT2D eigenvalue weighted by Crippen LogP contribution is -1.93. The number of benzene rings is 2. The molecule has 5 aromatic rings. The third-order valence-corrected chi connectivity index (χ3v) is 5.32. The molecule has 3 heterocycles. The molecule has 0 unspecified atom stereocenters. The number of hydrogen-bond acceptors (Lipinski definition) is 3. The van der Waals surface area contributed by atoms with E-state index in [2.05, 4.69) is 49.6 Å². The fourth-order valence-electron chi connectivity index (χ4n) is 3.14. The van der Waals surface area contributed by atoms with Gasteiger partial charge in [-0.3, -0.25) is 9.55 Å². The van der Waals surface area contributed by atoms with Crippen LogP contribution >= 0.6 is 22.9 Å². The molecule has 0 spiro atoms. The molecule has 0 fully saturated rings. The molecule has 0 amide bonds. The van der Waals surface area contributed by atoms with Crippen LogP contribution in [0.5, 0.6) is 0 Å². The second-order valence-corrected chi connectivity index (χ2v) is 6.99. The van der Waals surface area contributed by atoms with Crippen LogP contribution in [-0.4, -0.2) is 14.5 Å². The minimum absolute atomic E-state index is 0.712. The van der Waals surface area contributed by atoms with Crippen LogP contribution in [0, 0.1) is 0 Å². The summed E-state index contributed by atoms with van der Waals surface area (Å²) in [6.07, 6.45) is 3.65. The van der Waals surface area contributed by atoms with Gasteiger partial charge in [0, 0.05) is 16.6 Å². The van der Waals surface area contributed by atoms with Crippen LogP contribution in [0.25, 0.3) is 38.8 Å². The van der Waals surface area contributed by atoms with Crippen LogP contribution in [0.4, 0.5) is 0 Å². The molecule has 0 N–H and O–H groups in total. The van der Waals surface area contributed by atoms with Crippen LogP contribution < -0.4 is 0 Å². The van der Waals surface area contributed by atoms with Crippen molar-refractivity contribution in [1.82, 2.24) is 14.5 Å². The van der Waals surface area contributed by atoms with Crippen LogP contribution in [0.1, 0.15) is 0 Å². The van der Waals surface area contributed by atoms with E-state index < -0.39 is 0 Å². The highest BCUT2D eigenvalue weighted by molar-refractivity contribution is 7.08. The number of imidazole rings is 1. The van der Waals surface area contributed by atoms with Crippen LogP contribution in [0.15, 0.2) is 71.8 Å². The average Bonchev–Trinajstić information content (AvgIpc) is 3.31. The maximum Gasteiger partial charge on any atom is 0.108 e. The maximum atomic E-state index is 6.52. The van der Waals surface area contributed by atoms with Crippen LogP contribution in [0.2, 0.25) is 5.02 Å². The number of halogens is 1. The van der Waals surface area contributed by atoms with Gasteiger partial charge in [-0.2, -0.15) is 11.3 Å². The predicted octanol–water partition coefficient (Wildman–Crippen LogP) is 5.96. The first kappa shape index (κ1) is 14.6. The van der Waals surface area contributed by atoms with Gasteiger partial charge >= 0.3 is 0 Å². The quantitative estimate of drug-likeness (QED) is 0.388. The summed E-state index contributed by atoms with van der Waals surface area (Å²) in [4.78, 5) is 9.07. The molecule has 0 aliphatic rings. The van der Waals surface area contributed by atoms with Crippen molar-refractivity contribution in [3.63, 3.8) is 0 Å². The van der Waals surface area contributed by atoms with Crippen molar-refractivity contribution in [2.45, 2.75) is 0 Å². The Balaban J connectivity index is 1.88. The summed E-state index contributed by atoms with van der Waals surface area (Å²) < 4.78 is 2.10. The van der Waals surface area contributed by atoms with E-state index in [0.717, 1.165) is 38.8 Å². The molecule has 0 atom stereocenters. The Morgan fingerprint density at radius 1 is 0.960 bits per heavy atom. The predicted molar refractivity (Wildman–Crippen MR) is 105 cm³/mol. The Morgan fingerprint density at radius 2 is 1.84 bits per heavy atom. The molecule has 5 heteroatoms. The van der Waals surface area contributed by atoms with E-state index in [1.807, 2.05) is 30.6 Å². The molecule has 0 saturated heterocycles. The smallest absolute Gasteiger partial charge is 0.108 e. The molecule has 0 radical (unpaired) electrons. The first-order valence-electron chi connectivity index (χ1n) is 7.84. The molecule has 3 nitrogen and oxygen atoms in total. The lowest BCUT2D eigenvalue weighted by Gasteiger charge is -2.09. The van der Waals surface area contributed by atoms with Crippen molar-refractivity contribution >= 4 is 44.9 Å². The molecular formula is C20H12ClN3S. The lowest BCUT2D eigenvalue weighted by atomic mass is 10.0. The van der Waals surface area contributed by atoms with E-state index in [9.17, 15) is 0 Å². The van der Waals surface area contributed by atoms with Gasteiger partial charge in [0.1, 0.15) is 11.8 Å². The standard InChI is InChI=1S/C20H12ClN3S/c21-17-9-18-16(8-15(17)13-6-7-25-11-13)20-19(10-22-18)23-12-24(20)14-4-2-1-3-5-14/h1-12H. The summed E-state index contributed by atoms with van der Waals surface area (Å²) in [7, 11) is 0. The number of hydrogen-bond donors (Lipinski definition) is 0. The number of nitrogens with zero attached hydrogens (tertiary/aromatic N) is 3. The van der Waals surface area contributed by atoms with Gasteiger partial charge in [-0.15, -0.1) is 0 Å². The average molecular weight is 362 g/mol. The van der Waals surface area contributed by atoms with Crippen LogP contribution in [-0.2, 0) is 0 Å². The highest BCUT2D eigenvalue weighted by Crippen LogP contribution is 2.35. The zero-order chi connectivity index (χ0) is 16.8. The molecule has 5 rings (SSSR count). The highest BCUT2D eigenvalue weighted by Gasteiger charge is 2.13. The second kappa shape index (κ2) is 5.69. The zero-order valence-electron chi connectivity index (χ0n) is 13.1. The Labute approximate surface area is 153 Å². The first-order valence-corrected chi connectivity index (χ1v) is 9.16. The molecule has 0 aliphatic carbocycles. The summed E-state index contributed by atoms with van der Waals surface area (Å²) in [6.45, 7) is 0. The first-order chi connectivity index (χ1) is 12.3. The Bertz CT molecular complexity index is 1190.